The van der Waals surface area contributed by atoms with E-state index in [9.17, 15) is 0 Å². The molecule has 1 heterocycles. The van der Waals surface area contributed by atoms with Gasteiger partial charge in [0.05, 0.1) is 12.2 Å². The summed E-state index contributed by atoms with van der Waals surface area (Å²) in [6, 6.07) is 7.89. The molecule has 3 heteroatoms. The van der Waals surface area contributed by atoms with E-state index in [-0.39, 0.29) is 12.2 Å². The third-order valence-electron chi connectivity index (χ3n) is 2.85. The molecule has 15 heavy (non-hydrogen) atoms. The zero-order valence-corrected chi connectivity index (χ0v) is 9.41. The number of nitrogens with two attached hydrogens (primary N) is 1. The summed E-state index contributed by atoms with van der Waals surface area (Å²) >= 11 is 5.85. The molecule has 0 saturated carbocycles. The van der Waals surface area contributed by atoms with Crippen molar-refractivity contribution in [3.05, 3.63) is 34.9 Å². The SMILES string of the molecule is NC[C@H]1CCC[C@@H](c2ccc(Cl)cc2)O1. The van der Waals surface area contributed by atoms with Crippen molar-refractivity contribution < 1.29 is 4.74 Å². The van der Waals surface area contributed by atoms with E-state index in [1.165, 1.54) is 12.0 Å². The first-order chi connectivity index (χ1) is 7.29. The monoisotopic (exact) mass is 225 g/mol. The van der Waals surface area contributed by atoms with Crippen molar-refractivity contribution in [2.75, 3.05) is 6.54 Å². The van der Waals surface area contributed by atoms with Gasteiger partial charge in [-0.15, -0.1) is 0 Å². The molecule has 1 aliphatic heterocycles. The van der Waals surface area contributed by atoms with Gasteiger partial charge in [-0.25, -0.2) is 0 Å². The van der Waals surface area contributed by atoms with Gasteiger partial charge in [0.2, 0.25) is 0 Å². The highest BCUT2D eigenvalue weighted by Gasteiger charge is 2.22. The molecule has 1 aromatic rings. The van der Waals surface area contributed by atoms with Crippen LogP contribution in [-0.4, -0.2) is 12.6 Å². The van der Waals surface area contributed by atoms with Gasteiger partial charge >= 0.3 is 0 Å². The molecule has 2 N–H and O–H groups in total. The number of benzene rings is 1. The summed E-state index contributed by atoms with van der Waals surface area (Å²) in [5.41, 5.74) is 6.83. The molecule has 0 spiro atoms. The molecule has 2 rings (SSSR count). The summed E-state index contributed by atoms with van der Waals surface area (Å²) in [5, 5.41) is 0.768. The Labute approximate surface area is 95.4 Å². The first-order valence-corrected chi connectivity index (χ1v) is 5.78. The van der Waals surface area contributed by atoms with E-state index in [1.54, 1.807) is 0 Å². The number of hydrogen-bond acceptors (Lipinski definition) is 2. The molecule has 0 bridgehead atoms. The van der Waals surface area contributed by atoms with Crippen LogP contribution in [0.25, 0.3) is 0 Å². The van der Waals surface area contributed by atoms with Crippen LogP contribution in [0.15, 0.2) is 24.3 Å². The number of ether oxygens (including phenoxy) is 1. The van der Waals surface area contributed by atoms with Crippen molar-refractivity contribution in [2.24, 2.45) is 5.73 Å². The third-order valence-corrected chi connectivity index (χ3v) is 3.11. The summed E-state index contributed by atoms with van der Waals surface area (Å²) < 4.78 is 5.89. The van der Waals surface area contributed by atoms with Crippen LogP contribution in [0.2, 0.25) is 5.02 Å². The first kappa shape index (κ1) is 10.9. The molecular formula is C12H16ClNO. The predicted octanol–water partition coefficient (Wildman–Crippen LogP) is 2.91. The van der Waals surface area contributed by atoms with Gasteiger partial charge < -0.3 is 10.5 Å². The maximum absolute atomic E-state index is 5.89. The second-order valence-corrected chi connectivity index (χ2v) is 4.40. The van der Waals surface area contributed by atoms with Crippen molar-refractivity contribution in [3.8, 4) is 0 Å². The van der Waals surface area contributed by atoms with E-state index < -0.39 is 0 Å². The summed E-state index contributed by atoms with van der Waals surface area (Å²) in [5.74, 6) is 0. The Morgan fingerprint density at radius 3 is 2.67 bits per heavy atom. The maximum Gasteiger partial charge on any atom is 0.0829 e. The number of hydrogen-bond donors (Lipinski definition) is 1. The second kappa shape index (κ2) is 4.97. The topological polar surface area (TPSA) is 35.2 Å². The minimum absolute atomic E-state index is 0.199. The van der Waals surface area contributed by atoms with Gasteiger partial charge in [0.25, 0.3) is 0 Å². The lowest BCUT2D eigenvalue weighted by Gasteiger charge is -2.29. The Bertz CT molecular complexity index is 312. The lowest BCUT2D eigenvalue weighted by Crippen LogP contribution is -2.29. The molecule has 82 valence electrons. The lowest BCUT2D eigenvalue weighted by molar-refractivity contribution is -0.0461. The molecular weight excluding hydrogens is 210 g/mol. The van der Waals surface area contributed by atoms with E-state index in [0.717, 1.165) is 17.9 Å². The van der Waals surface area contributed by atoms with Crippen molar-refractivity contribution in [1.82, 2.24) is 0 Å². The normalized spacial score (nSPS) is 26.5. The molecule has 1 fully saturated rings. The quantitative estimate of drug-likeness (QED) is 0.840. The Morgan fingerprint density at radius 2 is 2.00 bits per heavy atom. The zero-order chi connectivity index (χ0) is 10.7. The Hall–Kier alpha value is -0.570. The van der Waals surface area contributed by atoms with Gasteiger partial charge in [-0.3, -0.25) is 0 Å². The van der Waals surface area contributed by atoms with Gasteiger partial charge in [0, 0.05) is 11.6 Å². The van der Waals surface area contributed by atoms with E-state index in [0.29, 0.717) is 6.54 Å². The third kappa shape index (κ3) is 2.71. The van der Waals surface area contributed by atoms with E-state index in [1.807, 2.05) is 24.3 Å². The fourth-order valence-electron chi connectivity index (χ4n) is 2.00. The van der Waals surface area contributed by atoms with Crippen LogP contribution in [0, 0.1) is 0 Å². The van der Waals surface area contributed by atoms with Crippen LogP contribution in [-0.2, 0) is 4.74 Å². The highest BCUT2D eigenvalue weighted by Crippen LogP contribution is 2.31. The molecule has 0 radical (unpaired) electrons. The van der Waals surface area contributed by atoms with Crippen molar-refractivity contribution in [3.63, 3.8) is 0 Å². The van der Waals surface area contributed by atoms with E-state index in [4.69, 9.17) is 22.1 Å². The molecule has 1 aliphatic rings. The Balaban J connectivity index is 2.06. The summed E-state index contributed by atoms with van der Waals surface area (Å²) in [7, 11) is 0. The minimum atomic E-state index is 0.199. The maximum atomic E-state index is 5.89. The Kier molecular flexibility index (Phi) is 3.62. The summed E-state index contributed by atoms with van der Waals surface area (Å²) in [6.45, 7) is 0.615. The van der Waals surface area contributed by atoms with Crippen molar-refractivity contribution in [1.29, 1.82) is 0 Å². The zero-order valence-electron chi connectivity index (χ0n) is 8.66. The van der Waals surface area contributed by atoms with Crippen molar-refractivity contribution >= 4 is 11.6 Å². The highest BCUT2D eigenvalue weighted by molar-refractivity contribution is 6.30. The van der Waals surface area contributed by atoms with Crippen LogP contribution in [0.1, 0.15) is 30.9 Å². The molecule has 0 aliphatic carbocycles. The summed E-state index contributed by atoms with van der Waals surface area (Å²) in [6.07, 6.45) is 3.78. The second-order valence-electron chi connectivity index (χ2n) is 3.96. The molecule has 0 aromatic heterocycles. The van der Waals surface area contributed by atoms with Gasteiger partial charge in [0.1, 0.15) is 0 Å². The standard InChI is InChI=1S/C12H16ClNO/c13-10-6-4-9(5-7-10)12-3-1-2-11(8-14)15-12/h4-7,11-12H,1-3,8,14H2/t11-,12+/m1/s1. The van der Waals surface area contributed by atoms with Crippen LogP contribution in [0.5, 0.6) is 0 Å². The first-order valence-electron chi connectivity index (χ1n) is 5.40. The molecule has 0 amide bonds. The molecule has 2 atom stereocenters. The fraction of sp³-hybridized carbons (Fsp3) is 0.500. The van der Waals surface area contributed by atoms with Crippen LogP contribution in [0.4, 0.5) is 0 Å². The van der Waals surface area contributed by atoms with Crippen LogP contribution >= 0.6 is 11.6 Å². The highest BCUT2D eigenvalue weighted by atomic mass is 35.5. The van der Waals surface area contributed by atoms with Crippen LogP contribution in [0.3, 0.4) is 0 Å². The van der Waals surface area contributed by atoms with Crippen molar-refractivity contribution in [2.45, 2.75) is 31.5 Å². The molecule has 1 aromatic carbocycles. The van der Waals surface area contributed by atoms with Gasteiger partial charge in [-0.1, -0.05) is 23.7 Å². The predicted molar refractivity (Wildman–Crippen MR) is 62.0 cm³/mol. The van der Waals surface area contributed by atoms with E-state index in [2.05, 4.69) is 0 Å². The molecule has 2 nitrogen and oxygen atoms in total. The lowest BCUT2D eigenvalue weighted by atomic mass is 9.98. The average molecular weight is 226 g/mol. The van der Waals surface area contributed by atoms with Gasteiger partial charge in [-0.2, -0.15) is 0 Å². The number of halogens is 1. The number of rotatable bonds is 2. The van der Waals surface area contributed by atoms with E-state index >= 15 is 0 Å². The average Bonchev–Trinajstić information content (AvgIpc) is 2.30. The largest absolute Gasteiger partial charge is 0.369 e. The fourth-order valence-corrected chi connectivity index (χ4v) is 2.12. The van der Waals surface area contributed by atoms with Gasteiger partial charge in [-0.05, 0) is 37.0 Å². The van der Waals surface area contributed by atoms with Gasteiger partial charge in [0.15, 0.2) is 0 Å². The van der Waals surface area contributed by atoms with Crippen LogP contribution < -0.4 is 5.73 Å². The molecule has 1 saturated heterocycles. The molecule has 0 unspecified atom stereocenters. The summed E-state index contributed by atoms with van der Waals surface area (Å²) in [4.78, 5) is 0. The smallest absolute Gasteiger partial charge is 0.0829 e. The Morgan fingerprint density at radius 1 is 1.27 bits per heavy atom. The minimum Gasteiger partial charge on any atom is -0.369 e.